The minimum absolute atomic E-state index is 0.0283. The van der Waals surface area contributed by atoms with Crippen LogP contribution in [0.5, 0.6) is 11.5 Å². The van der Waals surface area contributed by atoms with E-state index in [4.69, 9.17) is 9.47 Å². The van der Waals surface area contributed by atoms with E-state index in [-0.39, 0.29) is 5.78 Å². The van der Waals surface area contributed by atoms with Gasteiger partial charge in [-0.15, -0.1) is 0 Å². The number of ketones is 1. The molecule has 23 heavy (non-hydrogen) atoms. The molecular weight excluding hydrogens is 308 g/mol. The van der Waals surface area contributed by atoms with Crippen molar-refractivity contribution >= 4 is 23.6 Å². The Kier molecular flexibility index (Phi) is 5.03. The van der Waals surface area contributed by atoms with Gasteiger partial charge in [-0.1, -0.05) is 18.2 Å². The van der Waals surface area contributed by atoms with Crippen molar-refractivity contribution in [1.82, 2.24) is 0 Å². The van der Waals surface area contributed by atoms with Gasteiger partial charge in [0, 0.05) is 17.1 Å². The first kappa shape index (κ1) is 15.7. The Morgan fingerprint density at radius 2 is 1.70 bits per heavy atom. The number of ether oxygens (including phenoxy) is 2. The van der Waals surface area contributed by atoms with E-state index in [1.165, 1.54) is 0 Å². The van der Waals surface area contributed by atoms with Gasteiger partial charge in [0.2, 0.25) is 0 Å². The third-order valence-corrected chi connectivity index (χ3v) is 4.81. The van der Waals surface area contributed by atoms with Crippen molar-refractivity contribution in [1.29, 1.82) is 0 Å². The highest BCUT2D eigenvalue weighted by Gasteiger charge is 2.19. The lowest BCUT2D eigenvalue weighted by Crippen LogP contribution is -2.30. The number of hydrogen-bond donors (Lipinski definition) is 0. The fourth-order valence-electron chi connectivity index (χ4n) is 2.16. The Hall–Kier alpha value is -2.20. The highest BCUT2D eigenvalue weighted by atomic mass is 32.2. The van der Waals surface area contributed by atoms with Gasteiger partial charge in [0.05, 0.1) is 7.11 Å². The topological polar surface area (TPSA) is 35.5 Å². The molecular formula is C19H18O3S. The Morgan fingerprint density at radius 3 is 2.26 bits per heavy atom. The molecule has 0 aliphatic carbocycles. The third-order valence-electron chi connectivity index (χ3n) is 3.59. The van der Waals surface area contributed by atoms with Crippen LogP contribution in [0.3, 0.4) is 0 Å². The van der Waals surface area contributed by atoms with Crippen molar-refractivity contribution in [3.05, 3.63) is 65.7 Å². The maximum absolute atomic E-state index is 12.1. The molecule has 2 aromatic carbocycles. The highest BCUT2D eigenvalue weighted by molar-refractivity contribution is 8.00. The minimum atomic E-state index is -0.0283. The van der Waals surface area contributed by atoms with Crippen molar-refractivity contribution in [2.24, 2.45) is 0 Å². The standard InChI is InChI=1S/C19H18O3S/c1-21-16-9-5-15(6-10-16)19(20)11-4-14-2-7-17(8-3-14)22-18-12-23-13-18/h2-11,18H,12-13H2,1H3/b11-4+. The molecule has 0 atom stereocenters. The van der Waals surface area contributed by atoms with E-state index in [0.717, 1.165) is 28.6 Å². The van der Waals surface area contributed by atoms with Crippen molar-refractivity contribution in [2.45, 2.75) is 6.10 Å². The number of methoxy groups -OCH3 is 1. The minimum Gasteiger partial charge on any atom is -0.497 e. The van der Waals surface area contributed by atoms with Crippen molar-refractivity contribution in [3.8, 4) is 11.5 Å². The summed E-state index contributed by atoms with van der Waals surface area (Å²) in [6.45, 7) is 0. The molecule has 1 aliphatic rings. The predicted octanol–water partition coefficient (Wildman–Crippen LogP) is 4.09. The highest BCUT2D eigenvalue weighted by Crippen LogP contribution is 2.24. The molecule has 1 aliphatic heterocycles. The molecule has 0 spiro atoms. The zero-order valence-electron chi connectivity index (χ0n) is 12.9. The Balaban J connectivity index is 1.60. The Bertz CT molecular complexity index is 686. The lowest BCUT2D eigenvalue weighted by Gasteiger charge is -2.25. The molecule has 1 saturated heterocycles. The number of benzene rings is 2. The summed E-state index contributed by atoms with van der Waals surface area (Å²) in [7, 11) is 1.61. The largest absolute Gasteiger partial charge is 0.497 e. The molecule has 0 unspecified atom stereocenters. The molecule has 3 rings (SSSR count). The molecule has 4 heteroatoms. The maximum Gasteiger partial charge on any atom is 0.185 e. The molecule has 0 saturated carbocycles. The molecule has 0 N–H and O–H groups in total. The van der Waals surface area contributed by atoms with Gasteiger partial charge in [-0.05, 0) is 48.0 Å². The zero-order chi connectivity index (χ0) is 16.1. The van der Waals surface area contributed by atoms with Gasteiger partial charge >= 0.3 is 0 Å². The second-order valence-electron chi connectivity index (χ2n) is 5.27. The quantitative estimate of drug-likeness (QED) is 0.592. The summed E-state index contributed by atoms with van der Waals surface area (Å²) in [6.07, 6.45) is 3.74. The third kappa shape index (κ3) is 4.17. The van der Waals surface area contributed by atoms with E-state index in [1.807, 2.05) is 42.1 Å². The second kappa shape index (κ2) is 7.38. The molecule has 2 aromatic rings. The van der Waals surface area contributed by atoms with Crippen LogP contribution in [0.2, 0.25) is 0 Å². The SMILES string of the molecule is COc1ccc(C(=O)/C=C/c2ccc(OC3CSC3)cc2)cc1. The number of carbonyl (C=O) groups is 1. The van der Waals surface area contributed by atoms with E-state index >= 15 is 0 Å². The smallest absolute Gasteiger partial charge is 0.185 e. The van der Waals surface area contributed by atoms with Gasteiger partial charge in [-0.25, -0.2) is 0 Å². The van der Waals surface area contributed by atoms with E-state index in [1.54, 1.807) is 37.5 Å². The summed E-state index contributed by atoms with van der Waals surface area (Å²) >= 11 is 1.90. The second-order valence-corrected chi connectivity index (χ2v) is 6.35. The van der Waals surface area contributed by atoms with Crippen LogP contribution in [0.25, 0.3) is 6.08 Å². The van der Waals surface area contributed by atoms with E-state index < -0.39 is 0 Å². The van der Waals surface area contributed by atoms with Crippen LogP contribution >= 0.6 is 11.8 Å². The number of thioether (sulfide) groups is 1. The molecule has 0 aromatic heterocycles. The fraction of sp³-hybridized carbons (Fsp3) is 0.211. The average molecular weight is 326 g/mol. The van der Waals surface area contributed by atoms with Crippen LogP contribution < -0.4 is 9.47 Å². The fourth-order valence-corrected chi connectivity index (χ4v) is 2.72. The number of hydrogen-bond acceptors (Lipinski definition) is 4. The van der Waals surface area contributed by atoms with E-state index in [9.17, 15) is 4.79 Å². The predicted molar refractivity (Wildman–Crippen MR) is 94.5 cm³/mol. The summed E-state index contributed by atoms with van der Waals surface area (Å²) in [5.74, 6) is 3.73. The average Bonchev–Trinajstić information content (AvgIpc) is 2.57. The Morgan fingerprint density at radius 1 is 1.04 bits per heavy atom. The van der Waals surface area contributed by atoms with Gasteiger partial charge in [-0.3, -0.25) is 4.79 Å². The molecule has 0 bridgehead atoms. The number of carbonyl (C=O) groups excluding carboxylic acids is 1. The van der Waals surface area contributed by atoms with Crippen molar-refractivity contribution in [2.75, 3.05) is 18.6 Å². The monoisotopic (exact) mass is 326 g/mol. The molecule has 3 nitrogen and oxygen atoms in total. The summed E-state index contributed by atoms with van der Waals surface area (Å²) < 4.78 is 10.9. The molecule has 1 fully saturated rings. The molecule has 0 radical (unpaired) electrons. The van der Waals surface area contributed by atoms with Gasteiger partial charge in [-0.2, -0.15) is 11.8 Å². The lowest BCUT2D eigenvalue weighted by atomic mass is 10.1. The summed E-state index contributed by atoms with van der Waals surface area (Å²) in [4.78, 5) is 12.1. The Labute approximate surface area is 140 Å². The summed E-state index contributed by atoms with van der Waals surface area (Å²) in [5.41, 5.74) is 1.62. The van der Waals surface area contributed by atoms with Crippen molar-refractivity contribution < 1.29 is 14.3 Å². The van der Waals surface area contributed by atoms with Crippen LogP contribution in [0.4, 0.5) is 0 Å². The van der Waals surface area contributed by atoms with Crippen LogP contribution in [0.1, 0.15) is 15.9 Å². The maximum atomic E-state index is 12.1. The van der Waals surface area contributed by atoms with Gasteiger partial charge in [0.15, 0.2) is 5.78 Å². The molecule has 1 heterocycles. The lowest BCUT2D eigenvalue weighted by molar-refractivity contribution is 0.104. The first-order chi connectivity index (χ1) is 11.2. The van der Waals surface area contributed by atoms with Gasteiger partial charge in [0.1, 0.15) is 17.6 Å². The summed E-state index contributed by atoms with van der Waals surface area (Å²) in [6, 6.07) is 14.9. The number of rotatable bonds is 6. The first-order valence-corrected chi connectivity index (χ1v) is 8.61. The molecule has 0 amide bonds. The summed E-state index contributed by atoms with van der Waals surface area (Å²) in [5, 5.41) is 0. The number of allylic oxidation sites excluding steroid dienone is 1. The molecule has 118 valence electrons. The van der Waals surface area contributed by atoms with Crippen LogP contribution in [0, 0.1) is 0 Å². The van der Waals surface area contributed by atoms with Gasteiger partial charge in [0.25, 0.3) is 0 Å². The van der Waals surface area contributed by atoms with E-state index in [2.05, 4.69) is 0 Å². The van der Waals surface area contributed by atoms with Gasteiger partial charge < -0.3 is 9.47 Å². The van der Waals surface area contributed by atoms with Crippen LogP contribution in [-0.2, 0) is 0 Å². The van der Waals surface area contributed by atoms with E-state index in [0.29, 0.717) is 11.7 Å². The normalized spacial score (nSPS) is 14.5. The van der Waals surface area contributed by atoms with Crippen LogP contribution in [0.15, 0.2) is 54.6 Å². The van der Waals surface area contributed by atoms with Crippen LogP contribution in [-0.4, -0.2) is 30.5 Å². The van der Waals surface area contributed by atoms with Crippen molar-refractivity contribution in [3.63, 3.8) is 0 Å². The first-order valence-electron chi connectivity index (χ1n) is 7.45. The zero-order valence-corrected chi connectivity index (χ0v) is 13.7.